The molecule has 106 valence electrons. The molecule has 0 spiro atoms. The highest BCUT2D eigenvalue weighted by atomic mass is 19.1. The van der Waals surface area contributed by atoms with Gasteiger partial charge in [-0.15, -0.1) is 0 Å². The zero-order valence-electron chi connectivity index (χ0n) is 11.6. The Bertz CT molecular complexity index is 424. The van der Waals surface area contributed by atoms with Gasteiger partial charge in [-0.1, -0.05) is 13.3 Å². The SMILES string of the molecule is CCCC(C)NC(=O)CNc1ccc(F)c(OC)c1. The molecule has 0 aliphatic carbocycles. The first-order chi connectivity index (χ1) is 9.06. The summed E-state index contributed by atoms with van der Waals surface area (Å²) in [5, 5.41) is 5.82. The largest absolute Gasteiger partial charge is 0.494 e. The van der Waals surface area contributed by atoms with Gasteiger partial charge in [0.25, 0.3) is 0 Å². The first kappa shape index (κ1) is 15.3. The van der Waals surface area contributed by atoms with Crippen LogP contribution in [0.1, 0.15) is 26.7 Å². The van der Waals surface area contributed by atoms with E-state index < -0.39 is 5.82 Å². The van der Waals surface area contributed by atoms with Crippen molar-refractivity contribution in [3.63, 3.8) is 0 Å². The number of carbonyl (C=O) groups is 1. The molecule has 4 nitrogen and oxygen atoms in total. The number of carbonyl (C=O) groups excluding carboxylic acids is 1. The Labute approximate surface area is 113 Å². The van der Waals surface area contributed by atoms with Crippen LogP contribution in [0.3, 0.4) is 0 Å². The second-order valence-electron chi connectivity index (χ2n) is 4.46. The van der Waals surface area contributed by atoms with Gasteiger partial charge in [0.1, 0.15) is 0 Å². The highest BCUT2D eigenvalue weighted by molar-refractivity contribution is 5.81. The summed E-state index contributed by atoms with van der Waals surface area (Å²) in [5.74, 6) is -0.344. The molecule has 0 aliphatic heterocycles. The molecule has 0 saturated carbocycles. The van der Waals surface area contributed by atoms with Gasteiger partial charge in [-0.05, 0) is 25.5 Å². The van der Waals surface area contributed by atoms with Gasteiger partial charge in [0.05, 0.1) is 13.7 Å². The van der Waals surface area contributed by atoms with E-state index >= 15 is 0 Å². The summed E-state index contributed by atoms with van der Waals surface area (Å²) in [4.78, 5) is 11.6. The third-order valence-corrected chi connectivity index (χ3v) is 2.73. The molecule has 2 N–H and O–H groups in total. The number of hydrogen-bond acceptors (Lipinski definition) is 3. The van der Waals surface area contributed by atoms with Crippen LogP contribution in [0.5, 0.6) is 5.75 Å². The summed E-state index contributed by atoms with van der Waals surface area (Å²) in [6, 6.07) is 4.57. The van der Waals surface area contributed by atoms with E-state index in [-0.39, 0.29) is 24.2 Å². The van der Waals surface area contributed by atoms with Crippen molar-refractivity contribution >= 4 is 11.6 Å². The minimum absolute atomic E-state index is 0.0794. The summed E-state index contributed by atoms with van der Waals surface area (Å²) in [7, 11) is 1.40. The van der Waals surface area contributed by atoms with Crippen molar-refractivity contribution in [2.45, 2.75) is 32.7 Å². The smallest absolute Gasteiger partial charge is 0.239 e. The molecule has 1 amide bonds. The monoisotopic (exact) mass is 268 g/mol. The van der Waals surface area contributed by atoms with Gasteiger partial charge in [0, 0.05) is 17.8 Å². The first-order valence-electron chi connectivity index (χ1n) is 6.43. The summed E-state index contributed by atoms with van der Waals surface area (Å²) in [6.07, 6.45) is 1.99. The van der Waals surface area contributed by atoms with Crippen LogP contribution < -0.4 is 15.4 Å². The van der Waals surface area contributed by atoms with Crippen molar-refractivity contribution in [1.82, 2.24) is 5.32 Å². The molecule has 0 bridgehead atoms. The zero-order valence-corrected chi connectivity index (χ0v) is 11.6. The average molecular weight is 268 g/mol. The fourth-order valence-corrected chi connectivity index (χ4v) is 1.78. The Hall–Kier alpha value is -1.78. The van der Waals surface area contributed by atoms with Crippen LogP contribution in [0.15, 0.2) is 18.2 Å². The maximum Gasteiger partial charge on any atom is 0.239 e. The molecule has 0 heterocycles. The van der Waals surface area contributed by atoms with Crippen LogP contribution >= 0.6 is 0 Å². The summed E-state index contributed by atoms with van der Waals surface area (Å²) >= 11 is 0. The van der Waals surface area contributed by atoms with Crippen LogP contribution in [-0.4, -0.2) is 25.6 Å². The lowest BCUT2D eigenvalue weighted by atomic mass is 10.2. The van der Waals surface area contributed by atoms with Gasteiger partial charge in [0.15, 0.2) is 11.6 Å². The molecule has 5 heteroatoms. The predicted molar refractivity (Wildman–Crippen MR) is 74.0 cm³/mol. The van der Waals surface area contributed by atoms with E-state index in [1.807, 2.05) is 6.92 Å². The number of anilines is 1. The Balaban J connectivity index is 2.46. The van der Waals surface area contributed by atoms with Crippen LogP contribution in [0, 0.1) is 5.82 Å². The number of ether oxygens (including phenoxy) is 1. The zero-order chi connectivity index (χ0) is 14.3. The molecule has 0 fully saturated rings. The number of amides is 1. The quantitative estimate of drug-likeness (QED) is 0.799. The Morgan fingerprint density at radius 3 is 2.84 bits per heavy atom. The van der Waals surface area contributed by atoms with Gasteiger partial charge >= 0.3 is 0 Å². The highest BCUT2D eigenvalue weighted by Crippen LogP contribution is 2.21. The lowest BCUT2D eigenvalue weighted by Gasteiger charge is -2.14. The number of benzene rings is 1. The van der Waals surface area contributed by atoms with E-state index in [1.54, 1.807) is 6.07 Å². The Morgan fingerprint density at radius 1 is 1.47 bits per heavy atom. The molecular formula is C14H21FN2O2. The molecule has 1 unspecified atom stereocenters. The van der Waals surface area contributed by atoms with Gasteiger partial charge in [-0.2, -0.15) is 0 Å². The minimum atomic E-state index is -0.422. The normalized spacial score (nSPS) is 11.8. The minimum Gasteiger partial charge on any atom is -0.494 e. The number of methoxy groups -OCH3 is 1. The summed E-state index contributed by atoms with van der Waals surface area (Å²) in [6.45, 7) is 4.21. The van der Waals surface area contributed by atoms with Gasteiger partial charge in [-0.25, -0.2) is 4.39 Å². The lowest BCUT2D eigenvalue weighted by molar-refractivity contribution is -0.120. The van der Waals surface area contributed by atoms with Crippen LogP contribution in [0.25, 0.3) is 0 Å². The Morgan fingerprint density at radius 2 is 2.21 bits per heavy atom. The average Bonchev–Trinajstić information content (AvgIpc) is 2.38. The van der Waals surface area contributed by atoms with Crippen molar-refractivity contribution < 1.29 is 13.9 Å². The molecule has 0 saturated heterocycles. The van der Waals surface area contributed by atoms with Crippen LogP contribution in [0.2, 0.25) is 0 Å². The maximum atomic E-state index is 13.2. The number of halogens is 1. The van der Waals surface area contributed by atoms with Crippen LogP contribution in [0.4, 0.5) is 10.1 Å². The van der Waals surface area contributed by atoms with Crippen molar-refractivity contribution in [3.05, 3.63) is 24.0 Å². The third-order valence-electron chi connectivity index (χ3n) is 2.73. The van der Waals surface area contributed by atoms with Crippen molar-refractivity contribution in [2.75, 3.05) is 19.0 Å². The number of hydrogen-bond donors (Lipinski definition) is 2. The fourth-order valence-electron chi connectivity index (χ4n) is 1.78. The van der Waals surface area contributed by atoms with E-state index in [0.717, 1.165) is 12.8 Å². The van der Waals surface area contributed by atoms with E-state index in [4.69, 9.17) is 4.74 Å². The molecule has 1 rings (SSSR count). The molecule has 19 heavy (non-hydrogen) atoms. The Kier molecular flexibility index (Phi) is 6.12. The summed E-state index contributed by atoms with van der Waals surface area (Å²) < 4.78 is 18.1. The van der Waals surface area contributed by atoms with Crippen LogP contribution in [-0.2, 0) is 4.79 Å². The predicted octanol–water partition coefficient (Wildman–Crippen LogP) is 2.55. The molecular weight excluding hydrogens is 247 g/mol. The van der Waals surface area contributed by atoms with E-state index in [1.165, 1.54) is 19.2 Å². The first-order valence-corrected chi connectivity index (χ1v) is 6.43. The number of rotatable bonds is 7. The molecule has 1 atom stereocenters. The number of nitrogens with one attached hydrogen (secondary N) is 2. The molecule has 1 aromatic rings. The maximum absolute atomic E-state index is 13.2. The second kappa shape index (κ2) is 7.61. The topological polar surface area (TPSA) is 50.4 Å². The lowest BCUT2D eigenvalue weighted by Crippen LogP contribution is -2.36. The van der Waals surface area contributed by atoms with Crippen molar-refractivity contribution in [3.8, 4) is 5.75 Å². The highest BCUT2D eigenvalue weighted by Gasteiger charge is 2.07. The van der Waals surface area contributed by atoms with Gasteiger partial charge in [-0.3, -0.25) is 4.79 Å². The second-order valence-corrected chi connectivity index (χ2v) is 4.46. The fraction of sp³-hybridized carbons (Fsp3) is 0.500. The van der Waals surface area contributed by atoms with Crippen molar-refractivity contribution in [1.29, 1.82) is 0 Å². The third kappa shape index (κ3) is 5.16. The van der Waals surface area contributed by atoms with E-state index in [0.29, 0.717) is 5.69 Å². The molecule has 0 aromatic heterocycles. The van der Waals surface area contributed by atoms with E-state index in [2.05, 4.69) is 17.6 Å². The molecule has 1 aromatic carbocycles. The molecule has 0 radical (unpaired) electrons. The summed E-state index contributed by atoms with van der Waals surface area (Å²) in [5.41, 5.74) is 0.650. The van der Waals surface area contributed by atoms with Gasteiger partial charge < -0.3 is 15.4 Å². The van der Waals surface area contributed by atoms with E-state index in [9.17, 15) is 9.18 Å². The van der Waals surface area contributed by atoms with Crippen molar-refractivity contribution in [2.24, 2.45) is 0 Å². The standard InChI is InChI=1S/C14H21FN2O2/c1-4-5-10(2)17-14(18)9-16-11-6-7-12(15)13(8-11)19-3/h6-8,10,16H,4-5,9H2,1-3H3,(H,17,18). The van der Waals surface area contributed by atoms with Gasteiger partial charge in [0.2, 0.25) is 5.91 Å². The molecule has 0 aliphatic rings.